The highest BCUT2D eigenvalue weighted by atomic mass is 19.4. The second-order valence-corrected chi connectivity index (χ2v) is 10.5. The van der Waals surface area contributed by atoms with Gasteiger partial charge in [0.15, 0.2) is 0 Å². The number of hydrogen-bond acceptors (Lipinski definition) is 4. The molecule has 1 aromatic carbocycles. The first-order valence-electron chi connectivity index (χ1n) is 12.3. The summed E-state index contributed by atoms with van der Waals surface area (Å²) in [5.41, 5.74) is -4.56. The van der Waals surface area contributed by atoms with E-state index in [9.17, 15) is 31.1 Å². The minimum Gasteiger partial charge on any atom is -0.372 e. The Morgan fingerprint density at radius 3 is 2.21 bits per heavy atom. The zero-order chi connectivity index (χ0) is 27.9. The van der Waals surface area contributed by atoms with E-state index in [0.717, 1.165) is 0 Å². The van der Waals surface area contributed by atoms with Gasteiger partial charge in [-0.25, -0.2) is 9.89 Å². The van der Waals surface area contributed by atoms with Crippen LogP contribution < -0.4 is 11.0 Å². The molecule has 208 valence electrons. The molecule has 2 aromatic rings. The summed E-state index contributed by atoms with van der Waals surface area (Å²) in [6.45, 7) is 5.82. The highest BCUT2D eigenvalue weighted by Gasteiger charge is 2.47. The van der Waals surface area contributed by atoms with Crippen LogP contribution in [0.2, 0.25) is 0 Å². The number of H-pyrrole nitrogens is 1. The highest BCUT2D eigenvalue weighted by Crippen LogP contribution is 2.42. The zero-order valence-corrected chi connectivity index (χ0v) is 21.2. The quantitative estimate of drug-likeness (QED) is 0.465. The fourth-order valence-corrected chi connectivity index (χ4v) is 5.37. The van der Waals surface area contributed by atoms with E-state index in [2.05, 4.69) is 15.5 Å². The molecule has 1 fully saturated rings. The van der Waals surface area contributed by atoms with E-state index in [-0.39, 0.29) is 35.8 Å². The van der Waals surface area contributed by atoms with Gasteiger partial charge in [-0.1, -0.05) is 31.2 Å². The molecule has 0 amide bonds. The molecule has 1 aliphatic carbocycles. The number of nitrogens with zero attached hydrogens (tertiary/aromatic N) is 2. The Morgan fingerprint density at radius 1 is 1.08 bits per heavy atom. The lowest BCUT2D eigenvalue weighted by molar-refractivity contribution is -0.143. The Bertz CT molecular complexity index is 1220. The summed E-state index contributed by atoms with van der Waals surface area (Å²) >= 11 is 0. The average molecular weight is 545 g/mol. The molecule has 2 N–H and O–H groups in total. The van der Waals surface area contributed by atoms with Gasteiger partial charge in [0, 0.05) is 18.0 Å². The normalized spacial score (nSPS) is 29.0. The molecule has 0 saturated carbocycles. The number of allylic oxidation sites excluding steroid dienone is 3. The van der Waals surface area contributed by atoms with Crippen LogP contribution in [0.1, 0.15) is 56.4 Å². The average Bonchev–Trinajstić information content (AvgIpc) is 3.29. The molecule has 6 nitrogen and oxygen atoms in total. The molecular weight excluding hydrogens is 514 g/mol. The molecule has 5 atom stereocenters. The van der Waals surface area contributed by atoms with Crippen LogP contribution in [0.5, 0.6) is 0 Å². The third kappa shape index (κ3) is 5.61. The molecule has 2 aliphatic rings. The number of alkyl halides is 6. The Balaban J connectivity index is 1.61. The number of rotatable bonds is 6. The summed E-state index contributed by atoms with van der Waals surface area (Å²) < 4.78 is 87.8. The van der Waals surface area contributed by atoms with Crippen molar-refractivity contribution in [2.24, 2.45) is 11.8 Å². The topological polar surface area (TPSA) is 71.9 Å². The maximum Gasteiger partial charge on any atom is 0.416 e. The molecule has 0 radical (unpaired) electrons. The number of ether oxygens (including phenoxy) is 1. The number of aromatic amines is 1. The molecule has 4 rings (SSSR count). The third-order valence-corrected chi connectivity index (χ3v) is 7.78. The van der Waals surface area contributed by atoms with Crippen molar-refractivity contribution < 1.29 is 31.1 Å². The summed E-state index contributed by atoms with van der Waals surface area (Å²) in [6, 6.07) is 1.52. The molecule has 38 heavy (non-hydrogen) atoms. The standard InChI is InChI=1S/C26H30F6N4O2/c1-16-6-4-5-7-21(16)24(9-8-23(3,13-33-24)36-15-34-35-22(36)37)14-38-17(2)18-10-19(25(27,28)29)12-20(11-18)26(30,31)32/h4-7,10-12,15-17,21,33H,8-9,13-14H2,1-3H3,(H,35,37)/t16?,17-,21?,23+,24-/m1/s1. The van der Waals surface area contributed by atoms with Crippen LogP contribution in [0.3, 0.4) is 0 Å². The summed E-state index contributed by atoms with van der Waals surface area (Å²) in [7, 11) is 0. The Kier molecular flexibility index (Phi) is 7.43. The van der Waals surface area contributed by atoms with Gasteiger partial charge < -0.3 is 10.1 Å². The van der Waals surface area contributed by atoms with E-state index in [1.54, 1.807) is 0 Å². The van der Waals surface area contributed by atoms with Gasteiger partial charge in [-0.3, -0.25) is 4.57 Å². The van der Waals surface area contributed by atoms with Crippen LogP contribution in [0.4, 0.5) is 26.3 Å². The predicted octanol–water partition coefficient (Wildman–Crippen LogP) is 5.60. The maximum absolute atomic E-state index is 13.4. The van der Waals surface area contributed by atoms with Gasteiger partial charge in [-0.05, 0) is 56.4 Å². The van der Waals surface area contributed by atoms with Crippen LogP contribution >= 0.6 is 0 Å². The van der Waals surface area contributed by atoms with E-state index in [1.165, 1.54) is 17.8 Å². The van der Waals surface area contributed by atoms with Crippen molar-refractivity contribution in [2.75, 3.05) is 13.2 Å². The fourth-order valence-electron chi connectivity index (χ4n) is 5.37. The summed E-state index contributed by atoms with van der Waals surface area (Å²) in [6.07, 6.45) is -0.465. The minimum atomic E-state index is -4.94. The molecule has 12 heteroatoms. The third-order valence-electron chi connectivity index (χ3n) is 7.78. The van der Waals surface area contributed by atoms with E-state index < -0.39 is 40.7 Å². The van der Waals surface area contributed by atoms with Crippen molar-refractivity contribution >= 4 is 0 Å². The summed E-state index contributed by atoms with van der Waals surface area (Å²) in [5.74, 6) is 0.0374. The number of aromatic nitrogens is 3. The largest absolute Gasteiger partial charge is 0.416 e. The van der Waals surface area contributed by atoms with Gasteiger partial charge in [-0.15, -0.1) is 0 Å². The number of piperidine rings is 1. The minimum absolute atomic E-state index is 0.0370. The Labute approximate surface area is 215 Å². The van der Waals surface area contributed by atoms with Crippen LogP contribution in [0, 0.1) is 11.8 Å². The van der Waals surface area contributed by atoms with E-state index >= 15 is 0 Å². The number of nitrogens with one attached hydrogen (secondary N) is 2. The molecule has 0 bridgehead atoms. The van der Waals surface area contributed by atoms with Gasteiger partial charge in [0.25, 0.3) is 0 Å². The lowest BCUT2D eigenvalue weighted by Gasteiger charge is -2.50. The molecule has 0 spiro atoms. The van der Waals surface area contributed by atoms with Crippen LogP contribution in [0.15, 0.2) is 53.6 Å². The van der Waals surface area contributed by atoms with Crippen molar-refractivity contribution in [3.8, 4) is 0 Å². The van der Waals surface area contributed by atoms with Crippen molar-refractivity contribution in [1.29, 1.82) is 0 Å². The number of benzene rings is 1. The molecular formula is C26H30F6N4O2. The van der Waals surface area contributed by atoms with E-state index in [4.69, 9.17) is 4.74 Å². The molecule has 1 aromatic heterocycles. The number of halogens is 6. The maximum atomic E-state index is 13.4. The highest BCUT2D eigenvalue weighted by molar-refractivity contribution is 5.34. The number of hydrogen-bond donors (Lipinski definition) is 2. The predicted molar refractivity (Wildman–Crippen MR) is 128 cm³/mol. The SMILES string of the molecule is CC1C=CC=CC1[C@]1(CO[C@H](C)c2cc(C(F)(F)F)cc(C(F)(F)F)c2)CC[C@](C)(n2cn[nH]c2=O)CN1. The summed E-state index contributed by atoms with van der Waals surface area (Å²) in [4.78, 5) is 12.2. The van der Waals surface area contributed by atoms with Gasteiger partial charge in [0.2, 0.25) is 0 Å². The van der Waals surface area contributed by atoms with Gasteiger partial charge in [-0.2, -0.15) is 31.4 Å². The zero-order valence-electron chi connectivity index (χ0n) is 21.2. The fraction of sp³-hybridized carbons (Fsp3) is 0.538. The first-order chi connectivity index (χ1) is 17.6. The van der Waals surface area contributed by atoms with Crippen molar-refractivity contribution in [3.63, 3.8) is 0 Å². The Morgan fingerprint density at radius 2 is 1.71 bits per heavy atom. The lowest BCUT2D eigenvalue weighted by Crippen LogP contribution is -2.64. The monoisotopic (exact) mass is 544 g/mol. The molecule has 2 heterocycles. The second-order valence-electron chi connectivity index (χ2n) is 10.5. The van der Waals surface area contributed by atoms with E-state index in [0.29, 0.717) is 31.5 Å². The summed E-state index contributed by atoms with van der Waals surface area (Å²) in [5, 5.41) is 9.76. The van der Waals surface area contributed by atoms with Crippen molar-refractivity contribution in [2.45, 2.75) is 63.1 Å². The van der Waals surface area contributed by atoms with Gasteiger partial charge in [0.1, 0.15) is 6.33 Å². The van der Waals surface area contributed by atoms with E-state index in [1.807, 2.05) is 38.2 Å². The molecule has 1 saturated heterocycles. The first-order valence-corrected chi connectivity index (χ1v) is 12.3. The smallest absolute Gasteiger partial charge is 0.372 e. The van der Waals surface area contributed by atoms with Crippen LogP contribution in [-0.4, -0.2) is 33.5 Å². The van der Waals surface area contributed by atoms with Crippen LogP contribution in [-0.2, 0) is 22.6 Å². The molecule has 1 aliphatic heterocycles. The van der Waals surface area contributed by atoms with Crippen molar-refractivity contribution in [3.05, 3.63) is 76.0 Å². The van der Waals surface area contributed by atoms with Gasteiger partial charge in [0.05, 0.1) is 29.4 Å². The lowest BCUT2D eigenvalue weighted by atomic mass is 9.68. The second kappa shape index (κ2) is 10.0. The van der Waals surface area contributed by atoms with Crippen molar-refractivity contribution in [1.82, 2.24) is 20.1 Å². The Hall–Kier alpha value is -2.86. The van der Waals surface area contributed by atoms with Gasteiger partial charge >= 0.3 is 18.0 Å². The van der Waals surface area contributed by atoms with Crippen LogP contribution in [0.25, 0.3) is 0 Å². The first kappa shape index (κ1) is 28.2. The molecule has 2 unspecified atom stereocenters.